The minimum Gasteiger partial charge on any atom is -0.337 e. The first-order valence-corrected chi connectivity index (χ1v) is 6.79. The second-order valence-corrected chi connectivity index (χ2v) is 5.41. The predicted molar refractivity (Wildman–Crippen MR) is 65.4 cm³/mol. The van der Waals surface area contributed by atoms with Crippen molar-refractivity contribution in [2.75, 3.05) is 19.6 Å². The molecule has 1 saturated heterocycles. The van der Waals surface area contributed by atoms with Crippen molar-refractivity contribution in [3.63, 3.8) is 0 Å². The SMILES string of the molecule is CCC1(CNC(=O)N2CCCCC2)CCC1. The van der Waals surface area contributed by atoms with Crippen molar-refractivity contribution in [3.8, 4) is 0 Å². The highest BCUT2D eigenvalue weighted by Crippen LogP contribution is 2.43. The molecular formula is C13H24N2O. The van der Waals surface area contributed by atoms with Crippen molar-refractivity contribution in [1.82, 2.24) is 10.2 Å². The molecule has 2 fully saturated rings. The summed E-state index contributed by atoms with van der Waals surface area (Å²) >= 11 is 0. The maximum atomic E-state index is 11.9. The lowest BCUT2D eigenvalue weighted by atomic mass is 9.67. The molecule has 2 amide bonds. The first-order chi connectivity index (χ1) is 7.76. The first-order valence-electron chi connectivity index (χ1n) is 6.79. The number of amides is 2. The molecule has 0 unspecified atom stereocenters. The zero-order valence-electron chi connectivity index (χ0n) is 10.4. The molecular weight excluding hydrogens is 200 g/mol. The molecule has 1 saturated carbocycles. The van der Waals surface area contributed by atoms with Crippen LogP contribution < -0.4 is 5.32 Å². The fraction of sp³-hybridized carbons (Fsp3) is 0.923. The van der Waals surface area contributed by atoms with E-state index in [-0.39, 0.29) is 6.03 Å². The second-order valence-electron chi connectivity index (χ2n) is 5.41. The number of carbonyl (C=O) groups excluding carboxylic acids is 1. The Morgan fingerprint density at radius 2 is 1.88 bits per heavy atom. The monoisotopic (exact) mass is 224 g/mol. The molecule has 0 aromatic rings. The fourth-order valence-electron chi connectivity index (χ4n) is 2.80. The van der Waals surface area contributed by atoms with E-state index in [0.717, 1.165) is 19.6 Å². The summed E-state index contributed by atoms with van der Waals surface area (Å²) in [6.07, 6.45) is 8.76. The number of piperidine rings is 1. The van der Waals surface area contributed by atoms with Crippen LogP contribution in [0.5, 0.6) is 0 Å². The summed E-state index contributed by atoms with van der Waals surface area (Å²) in [5.41, 5.74) is 0.436. The number of rotatable bonds is 3. The van der Waals surface area contributed by atoms with E-state index in [4.69, 9.17) is 0 Å². The van der Waals surface area contributed by atoms with Crippen LogP contribution >= 0.6 is 0 Å². The van der Waals surface area contributed by atoms with Crippen LogP contribution in [0.3, 0.4) is 0 Å². The van der Waals surface area contributed by atoms with Gasteiger partial charge in [0.25, 0.3) is 0 Å². The lowest BCUT2D eigenvalue weighted by Crippen LogP contribution is -2.48. The Kier molecular flexibility index (Phi) is 3.72. The van der Waals surface area contributed by atoms with E-state index in [1.807, 2.05) is 4.90 Å². The standard InChI is InChI=1S/C13H24N2O/c1-2-13(7-6-8-13)11-14-12(16)15-9-4-3-5-10-15/h2-11H2,1H3,(H,14,16). The van der Waals surface area contributed by atoms with Gasteiger partial charge in [-0.05, 0) is 43.9 Å². The summed E-state index contributed by atoms with van der Waals surface area (Å²) in [5.74, 6) is 0. The van der Waals surface area contributed by atoms with Crippen LogP contribution in [0, 0.1) is 5.41 Å². The molecule has 2 rings (SSSR count). The lowest BCUT2D eigenvalue weighted by molar-refractivity contribution is 0.119. The minimum absolute atomic E-state index is 0.166. The highest BCUT2D eigenvalue weighted by Gasteiger charge is 2.35. The third kappa shape index (κ3) is 2.50. The first kappa shape index (κ1) is 11.7. The largest absolute Gasteiger partial charge is 0.337 e. The predicted octanol–water partition coefficient (Wildman–Crippen LogP) is 2.76. The molecule has 0 spiro atoms. The van der Waals surface area contributed by atoms with Gasteiger partial charge in [0.15, 0.2) is 0 Å². The van der Waals surface area contributed by atoms with Crippen LogP contribution in [0.2, 0.25) is 0 Å². The summed E-state index contributed by atoms with van der Waals surface area (Å²) in [6, 6.07) is 0.166. The molecule has 3 nitrogen and oxygen atoms in total. The van der Waals surface area contributed by atoms with Crippen molar-refractivity contribution < 1.29 is 4.79 Å². The van der Waals surface area contributed by atoms with Gasteiger partial charge in [0.1, 0.15) is 0 Å². The van der Waals surface area contributed by atoms with E-state index >= 15 is 0 Å². The average molecular weight is 224 g/mol. The summed E-state index contributed by atoms with van der Waals surface area (Å²) in [7, 11) is 0. The Morgan fingerprint density at radius 3 is 2.38 bits per heavy atom. The van der Waals surface area contributed by atoms with Crippen LogP contribution in [-0.4, -0.2) is 30.6 Å². The summed E-state index contributed by atoms with van der Waals surface area (Å²) in [5, 5.41) is 3.13. The van der Waals surface area contributed by atoms with Gasteiger partial charge in [0, 0.05) is 19.6 Å². The van der Waals surface area contributed by atoms with Crippen LogP contribution in [0.25, 0.3) is 0 Å². The average Bonchev–Trinajstić information content (AvgIpc) is 2.29. The Bertz CT molecular complexity index is 237. The Hall–Kier alpha value is -0.730. The van der Waals surface area contributed by atoms with E-state index in [1.165, 1.54) is 44.9 Å². The third-order valence-electron chi connectivity index (χ3n) is 4.42. The molecule has 3 heteroatoms. The van der Waals surface area contributed by atoms with Crippen LogP contribution in [0.15, 0.2) is 0 Å². The van der Waals surface area contributed by atoms with Crippen molar-refractivity contribution in [1.29, 1.82) is 0 Å². The van der Waals surface area contributed by atoms with Crippen LogP contribution in [0.4, 0.5) is 4.79 Å². The maximum absolute atomic E-state index is 11.9. The molecule has 0 aromatic heterocycles. The maximum Gasteiger partial charge on any atom is 0.317 e. The molecule has 1 N–H and O–H groups in total. The van der Waals surface area contributed by atoms with E-state index in [0.29, 0.717) is 5.41 Å². The molecule has 0 atom stereocenters. The second kappa shape index (κ2) is 5.07. The zero-order chi connectivity index (χ0) is 11.4. The number of carbonyl (C=O) groups is 1. The molecule has 2 aliphatic rings. The van der Waals surface area contributed by atoms with E-state index < -0.39 is 0 Å². The van der Waals surface area contributed by atoms with Crippen molar-refractivity contribution in [2.24, 2.45) is 5.41 Å². The number of hydrogen-bond acceptors (Lipinski definition) is 1. The molecule has 1 aliphatic carbocycles. The molecule has 1 heterocycles. The van der Waals surface area contributed by atoms with Gasteiger partial charge in [-0.1, -0.05) is 13.3 Å². The smallest absolute Gasteiger partial charge is 0.317 e. The number of nitrogens with zero attached hydrogens (tertiary/aromatic N) is 1. The highest BCUT2D eigenvalue weighted by atomic mass is 16.2. The molecule has 0 radical (unpaired) electrons. The van der Waals surface area contributed by atoms with Gasteiger partial charge in [0.2, 0.25) is 0 Å². The van der Waals surface area contributed by atoms with Crippen molar-refractivity contribution in [2.45, 2.75) is 51.9 Å². The number of hydrogen-bond donors (Lipinski definition) is 1. The van der Waals surface area contributed by atoms with Gasteiger partial charge in [-0.25, -0.2) is 4.79 Å². The van der Waals surface area contributed by atoms with E-state index in [1.54, 1.807) is 0 Å². The number of urea groups is 1. The highest BCUT2D eigenvalue weighted by molar-refractivity contribution is 5.74. The Labute approximate surface area is 98.6 Å². The van der Waals surface area contributed by atoms with Gasteiger partial charge >= 0.3 is 6.03 Å². The van der Waals surface area contributed by atoms with Crippen molar-refractivity contribution in [3.05, 3.63) is 0 Å². The molecule has 1 aliphatic heterocycles. The van der Waals surface area contributed by atoms with Gasteiger partial charge < -0.3 is 10.2 Å². The van der Waals surface area contributed by atoms with Gasteiger partial charge in [-0.2, -0.15) is 0 Å². The fourth-order valence-corrected chi connectivity index (χ4v) is 2.80. The van der Waals surface area contributed by atoms with Crippen LogP contribution in [0.1, 0.15) is 51.9 Å². The summed E-state index contributed by atoms with van der Waals surface area (Å²) in [6.45, 7) is 5.03. The lowest BCUT2D eigenvalue weighted by Gasteiger charge is -2.42. The minimum atomic E-state index is 0.166. The quantitative estimate of drug-likeness (QED) is 0.785. The van der Waals surface area contributed by atoms with Gasteiger partial charge in [-0.3, -0.25) is 0 Å². The number of nitrogens with one attached hydrogen (secondary N) is 1. The van der Waals surface area contributed by atoms with E-state index in [9.17, 15) is 4.79 Å². The summed E-state index contributed by atoms with van der Waals surface area (Å²) < 4.78 is 0. The normalized spacial score (nSPS) is 23.7. The molecule has 0 aromatic carbocycles. The third-order valence-corrected chi connectivity index (χ3v) is 4.42. The topological polar surface area (TPSA) is 32.3 Å². The number of likely N-dealkylation sites (tertiary alicyclic amines) is 1. The van der Waals surface area contributed by atoms with Gasteiger partial charge in [0.05, 0.1) is 0 Å². The molecule has 92 valence electrons. The Balaban J connectivity index is 1.74. The molecule has 0 bridgehead atoms. The molecule has 16 heavy (non-hydrogen) atoms. The van der Waals surface area contributed by atoms with Gasteiger partial charge in [-0.15, -0.1) is 0 Å². The Morgan fingerprint density at radius 1 is 1.19 bits per heavy atom. The van der Waals surface area contributed by atoms with Crippen LogP contribution in [-0.2, 0) is 0 Å². The van der Waals surface area contributed by atoms with E-state index in [2.05, 4.69) is 12.2 Å². The zero-order valence-corrected chi connectivity index (χ0v) is 10.4. The van der Waals surface area contributed by atoms with Crippen molar-refractivity contribution >= 4 is 6.03 Å². The summed E-state index contributed by atoms with van der Waals surface area (Å²) in [4.78, 5) is 13.9.